The number of aromatic nitrogens is 2. The summed E-state index contributed by atoms with van der Waals surface area (Å²) in [6, 6.07) is 8.65. The molecule has 1 unspecified atom stereocenters. The Hall–Kier alpha value is -3.22. The van der Waals surface area contributed by atoms with E-state index >= 15 is 0 Å². The highest BCUT2D eigenvalue weighted by Crippen LogP contribution is 2.23. The van der Waals surface area contributed by atoms with Crippen LogP contribution in [0.5, 0.6) is 0 Å². The van der Waals surface area contributed by atoms with Crippen LogP contribution in [-0.4, -0.2) is 40.8 Å². The lowest BCUT2D eigenvalue weighted by atomic mass is 10.1. The van der Waals surface area contributed by atoms with E-state index in [4.69, 9.17) is 0 Å². The topological polar surface area (TPSA) is 78.1 Å². The standard InChI is InChI=1S/C19H19FN4O2/c1-11-7-8-13(20)12-10-15(22-16(11)12)18(25)23-17(19(26)24(2)3)14-6-4-5-9-21-14/h4-10,17,22H,1-3H3,(H,23,25). The van der Waals surface area contributed by atoms with E-state index < -0.39 is 17.8 Å². The van der Waals surface area contributed by atoms with Gasteiger partial charge in [-0.05, 0) is 36.8 Å². The van der Waals surface area contributed by atoms with Crippen LogP contribution in [0.1, 0.15) is 27.8 Å². The molecule has 0 saturated carbocycles. The molecule has 0 saturated heterocycles. The van der Waals surface area contributed by atoms with E-state index in [2.05, 4.69) is 15.3 Å². The Labute approximate surface area is 150 Å². The van der Waals surface area contributed by atoms with Gasteiger partial charge in [0.25, 0.3) is 11.8 Å². The van der Waals surface area contributed by atoms with Gasteiger partial charge in [0.2, 0.25) is 0 Å². The Morgan fingerprint density at radius 3 is 2.62 bits per heavy atom. The quantitative estimate of drug-likeness (QED) is 0.756. The third-order valence-electron chi connectivity index (χ3n) is 4.14. The summed E-state index contributed by atoms with van der Waals surface area (Å²) >= 11 is 0. The van der Waals surface area contributed by atoms with Crippen molar-refractivity contribution < 1.29 is 14.0 Å². The van der Waals surface area contributed by atoms with Gasteiger partial charge in [0, 0.05) is 25.7 Å². The van der Waals surface area contributed by atoms with Crippen molar-refractivity contribution in [2.24, 2.45) is 0 Å². The number of hydrogen-bond donors (Lipinski definition) is 2. The summed E-state index contributed by atoms with van der Waals surface area (Å²) in [4.78, 5) is 33.7. The predicted octanol–water partition coefficient (Wildman–Crippen LogP) is 2.57. The second kappa shape index (κ2) is 6.95. The first-order valence-electron chi connectivity index (χ1n) is 8.09. The van der Waals surface area contributed by atoms with Gasteiger partial charge in [-0.2, -0.15) is 0 Å². The molecule has 0 aliphatic rings. The summed E-state index contributed by atoms with van der Waals surface area (Å²) in [5.41, 5.74) is 1.99. The van der Waals surface area contributed by atoms with Crippen LogP contribution in [-0.2, 0) is 4.79 Å². The van der Waals surface area contributed by atoms with Crippen LogP contribution >= 0.6 is 0 Å². The van der Waals surface area contributed by atoms with E-state index in [0.717, 1.165) is 5.56 Å². The van der Waals surface area contributed by atoms with Crippen molar-refractivity contribution in [2.45, 2.75) is 13.0 Å². The van der Waals surface area contributed by atoms with E-state index in [9.17, 15) is 14.0 Å². The zero-order chi connectivity index (χ0) is 18.8. The van der Waals surface area contributed by atoms with E-state index in [1.807, 2.05) is 6.92 Å². The summed E-state index contributed by atoms with van der Waals surface area (Å²) in [7, 11) is 3.21. The van der Waals surface area contributed by atoms with Crippen LogP contribution in [0.4, 0.5) is 4.39 Å². The van der Waals surface area contributed by atoms with Crippen LogP contribution in [0.15, 0.2) is 42.6 Å². The van der Waals surface area contributed by atoms with Crippen molar-refractivity contribution >= 4 is 22.7 Å². The average Bonchev–Trinajstić information content (AvgIpc) is 3.09. The Kier molecular flexibility index (Phi) is 4.71. The lowest BCUT2D eigenvalue weighted by Crippen LogP contribution is -2.40. The molecule has 3 rings (SSSR count). The van der Waals surface area contributed by atoms with Crippen molar-refractivity contribution in [1.82, 2.24) is 20.2 Å². The lowest BCUT2D eigenvalue weighted by molar-refractivity contribution is -0.130. The molecule has 0 fully saturated rings. The number of likely N-dealkylation sites (N-methyl/N-ethyl adjacent to an activating group) is 1. The molecule has 2 amide bonds. The number of nitrogens with zero attached hydrogens (tertiary/aromatic N) is 2. The molecular formula is C19H19FN4O2. The van der Waals surface area contributed by atoms with Crippen molar-refractivity contribution in [3.63, 3.8) is 0 Å². The highest BCUT2D eigenvalue weighted by molar-refractivity contribution is 6.00. The molecule has 2 N–H and O–H groups in total. The fourth-order valence-corrected chi connectivity index (χ4v) is 2.72. The summed E-state index contributed by atoms with van der Waals surface area (Å²) in [6.45, 7) is 1.83. The third-order valence-corrected chi connectivity index (χ3v) is 4.14. The van der Waals surface area contributed by atoms with E-state index in [1.54, 1.807) is 44.6 Å². The number of benzene rings is 1. The molecule has 26 heavy (non-hydrogen) atoms. The number of halogens is 1. The van der Waals surface area contributed by atoms with Gasteiger partial charge in [-0.15, -0.1) is 0 Å². The fraction of sp³-hybridized carbons (Fsp3) is 0.211. The van der Waals surface area contributed by atoms with Gasteiger partial charge in [0.05, 0.1) is 11.2 Å². The Morgan fingerprint density at radius 1 is 1.23 bits per heavy atom. The first-order chi connectivity index (χ1) is 12.4. The molecule has 1 atom stereocenters. The van der Waals surface area contributed by atoms with Gasteiger partial charge in [-0.1, -0.05) is 12.1 Å². The van der Waals surface area contributed by atoms with Crippen molar-refractivity contribution in [1.29, 1.82) is 0 Å². The molecule has 2 aromatic heterocycles. The number of aryl methyl sites for hydroxylation is 1. The van der Waals surface area contributed by atoms with Crippen LogP contribution in [0.2, 0.25) is 0 Å². The number of nitrogens with one attached hydrogen (secondary N) is 2. The maximum absolute atomic E-state index is 14.0. The maximum Gasteiger partial charge on any atom is 0.268 e. The van der Waals surface area contributed by atoms with Gasteiger partial charge in [-0.25, -0.2) is 4.39 Å². The van der Waals surface area contributed by atoms with E-state index in [1.165, 1.54) is 17.0 Å². The van der Waals surface area contributed by atoms with E-state index in [-0.39, 0.29) is 11.6 Å². The van der Waals surface area contributed by atoms with Gasteiger partial charge >= 0.3 is 0 Å². The number of rotatable bonds is 4. The van der Waals surface area contributed by atoms with E-state index in [0.29, 0.717) is 16.6 Å². The Bertz CT molecular complexity index is 927. The van der Waals surface area contributed by atoms with Crippen molar-refractivity contribution in [3.8, 4) is 0 Å². The van der Waals surface area contributed by atoms with Gasteiger partial charge < -0.3 is 15.2 Å². The number of pyridine rings is 1. The molecule has 3 aromatic rings. The zero-order valence-corrected chi connectivity index (χ0v) is 14.7. The van der Waals surface area contributed by atoms with Crippen LogP contribution < -0.4 is 5.32 Å². The molecule has 1 aromatic carbocycles. The second-order valence-corrected chi connectivity index (χ2v) is 6.23. The van der Waals surface area contributed by atoms with Crippen LogP contribution in [0.3, 0.4) is 0 Å². The number of H-pyrrole nitrogens is 1. The Morgan fingerprint density at radius 2 is 2.00 bits per heavy atom. The lowest BCUT2D eigenvalue weighted by Gasteiger charge is -2.21. The monoisotopic (exact) mass is 354 g/mol. The second-order valence-electron chi connectivity index (χ2n) is 6.23. The molecular weight excluding hydrogens is 335 g/mol. The minimum absolute atomic E-state index is 0.181. The molecule has 6 nitrogen and oxygen atoms in total. The molecule has 0 aliphatic carbocycles. The summed E-state index contributed by atoms with van der Waals surface area (Å²) in [6.07, 6.45) is 1.55. The highest BCUT2D eigenvalue weighted by Gasteiger charge is 2.26. The van der Waals surface area contributed by atoms with Gasteiger partial charge in [0.1, 0.15) is 11.5 Å². The Balaban J connectivity index is 1.94. The van der Waals surface area contributed by atoms with Crippen LogP contribution in [0, 0.1) is 12.7 Å². The average molecular weight is 354 g/mol. The summed E-state index contributed by atoms with van der Waals surface area (Å²) in [5, 5.41) is 3.02. The molecule has 7 heteroatoms. The summed E-state index contributed by atoms with van der Waals surface area (Å²) in [5.74, 6) is -1.23. The predicted molar refractivity (Wildman–Crippen MR) is 96.1 cm³/mol. The number of hydrogen-bond acceptors (Lipinski definition) is 3. The molecule has 2 heterocycles. The van der Waals surface area contributed by atoms with Gasteiger partial charge in [0.15, 0.2) is 6.04 Å². The SMILES string of the molecule is Cc1ccc(F)c2cc(C(=O)NC(C(=O)N(C)C)c3ccccn3)[nH]c12. The first-order valence-corrected chi connectivity index (χ1v) is 8.09. The number of fused-ring (bicyclic) bond motifs is 1. The van der Waals surface area contributed by atoms with Crippen molar-refractivity contribution in [3.05, 3.63) is 65.4 Å². The largest absolute Gasteiger partial charge is 0.350 e. The third kappa shape index (κ3) is 3.28. The summed E-state index contributed by atoms with van der Waals surface area (Å²) < 4.78 is 14.0. The molecule has 0 spiro atoms. The minimum atomic E-state index is -0.934. The minimum Gasteiger partial charge on any atom is -0.350 e. The van der Waals surface area contributed by atoms with Gasteiger partial charge in [-0.3, -0.25) is 14.6 Å². The zero-order valence-electron chi connectivity index (χ0n) is 14.7. The smallest absolute Gasteiger partial charge is 0.268 e. The normalized spacial score (nSPS) is 12.0. The number of carbonyl (C=O) groups is 2. The number of amides is 2. The molecule has 0 aliphatic heterocycles. The molecule has 0 radical (unpaired) electrons. The number of aromatic amines is 1. The first kappa shape index (κ1) is 17.6. The molecule has 134 valence electrons. The van der Waals surface area contributed by atoms with Crippen LogP contribution in [0.25, 0.3) is 10.9 Å². The fourth-order valence-electron chi connectivity index (χ4n) is 2.72. The molecule has 0 bridgehead atoms. The number of carbonyl (C=O) groups excluding carboxylic acids is 2. The maximum atomic E-state index is 14.0. The highest BCUT2D eigenvalue weighted by atomic mass is 19.1. The van der Waals surface area contributed by atoms with Crippen molar-refractivity contribution in [2.75, 3.05) is 14.1 Å².